The van der Waals surface area contributed by atoms with Crippen molar-refractivity contribution in [1.29, 1.82) is 0 Å². The number of carbonyl (C=O) groups is 2. The van der Waals surface area contributed by atoms with Crippen LogP contribution in [0.2, 0.25) is 0 Å². The summed E-state index contributed by atoms with van der Waals surface area (Å²) in [7, 11) is 0. The van der Waals surface area contributed by atoms with Crippen LogP contribution in [0.3, 0.4) is 0 Å². The van der Waals surface area contributed by atoms with Crippen molar-refractivity contribution in [1.82, 2.24) is 19.8 Å². The van der Waals surface area contributed by atoms with Crippen LogP contribution in [-0.2, 0) is 26.3 Å². The molecule has 3 aliphatic heterocycles. The van der Waals surface area contributed by atoms with Gasteiger partial charge in [0.25, 0.3) is 0 Å². The molecule has 27 heavy (non-hydrogen) atoms. The molecule has 1 aliphatic carbocycles. The number of nitrogens with one attached hydrogen (secondary N) is 1. The average molecular weight is 372 g/mol. The van der Waals surface area contributed by atoms with E-state index in [-0.39, 0.29) is 23.3 Å². The van der Waals surface area contributed by atoms with Gasteiger partial charge in [0, 0.05) is 44.3 Å². The molecule has 0 aromatic carbocycles. The maximum absolute atomic E-state index is 13.2. The highest BCUT2D eigenvalue weighted by molar-refractivity contribution is 5.81. The lowest BCUT2D eigenvalue weighted by Gasteiger charge is -2.52. The van der Waals surface area contributed by atoms with Crippen molar-refractivity contribution in [3.8, 4) is 0 Å². The minimum Gasteiger partial charge on any atom is -0.381 e. The maximum Gasteiger partial charge on any atom is 0.228 e. The lowest BCUT2D eigenvalue weighted by atomic mass is 9.76. The Bertz CT molecular complexity index is 727. The zero-order chi connectivity index (χ0) is 18.4. The standard InChI is InChI=1S/C20H28N4O3/c25-18(15-5-11-27-12-15)23-9-6-20(7-10-23)17-16(21-13-22-17)4-8-24(20)19(26)14-2-1-3-14/h13-15H,1-12H2,(H,21,22)/t15-/m0/s1. The van der Waals surface area contributed by atoms with Gasteiger partial charge in [0.2, 0.25) is 11.8 Å². The molecule has 7 nitrogen and oxygen atoms in total. The van der Waals surface area contributed by atoms with Crippen molar-refractivity contribution in [2.75, 3.05) is 32.8 Å². The van der Waals surface area contributed by atoms with Gasteiger partial charge in [0.05, 0.1) is 30.1 Å². The average Bonchev–Trinajstić information content (AvgIpc) is 3.33. The number of hydrogen-bond donors (Lipinski definition) is 1. The summed E-state index contributed by atoms with van der Waals surface area (Å²) in [4.78, 5) is 38.0. The summed E-state index contributed by atoms with van der Waals surface area (Å²) in [5.74, 6) is 0.730. The first-order chi connectivity index (χ1) is 13.2. The summed E-state index contributed by atoms with van der Waals surface area (Å²) in [6.45, 7) is 3.38. The van der Waals surface area contributed by atoms with Gasteiger partial charge in [-0.05, 0) is 32.1 Å². The minimum atomic E-state index is -0.344. The fourth-order valence-corrected chi connectivity index (χ4v) is 5.27. The second-order valence-corrected chi connectivity index (χ2v) is 8.51. The van der Waals surface area contributed by atoms with Gasteiger partial charge in [-0.2, -0.15) is 0 Å². The highest BCUT2D eigenvalue weighted by atomic mass is 16.5. The number of hydrogen-bond acceptors (Lipinski definition) is 4. The third kappa shape index (κ3) is 2.70. The third-order valence-corrected chi connectivity index (χ3v) is 7.16. The first kappa shape index (κ1) is 17.2. The van der Waals surface area contributed by atoms with Gasteiger partial charge in [-0.3, -0.25) is 9.59 Å². The minimum absolute atomic E-state index is 0.0130. The molecule has 0 bridgehead atoms. The second-order valence-electron chi connectivity index (χ2n) is 8.51. The van der Waals surface area contributed by atoms with Crippen LogP contribution in [0, 0.1) is 11.8 Å². The number of piperidine rings is 1. The SMILES string of the molecule is O=C([C@H]1CCOC1)N1CCC2(CC1)c1nc[nH]c1CCN2C(=O)C1CCC1. The summed E-state index contributed by atoms with van der Waals surface area (Å²) in [6, 6.07) is 0. The number of amides is 2. The molecule has 3 fully saturated rings. The third-order valence-electron chi connectivity index (χ3n) is 7.16. The van der Waals surface area contributed by atoms with E-state index in [9.17, 15) is 9.59 Å². The van der Waals surface area contributed by atoms with Gasteiger partial charge in [-0.15, -0.1) is 0 Å². The molecule has 1 N–H and O–H groups in total. The second kappa shape index (κ2) is 6.62. The Hall–Kier alpha value is -1.89. The Labute approximate surface area is 159 Å². The van der Waals surface area contributed by atoms with Crippen LogP contribution in [0.15, 0.2) is 6.33 Å². The number of likely N-dealkylation sites (tertiary alicyclic amines) is 1. The van der Waals surface area contributed by atoms with Crippen molar-refractivity contribution in [2.45, 2.75) is 50.5 Å². The van der Waals surface area contributed by atoms with E-state index in [0.29, 0.717) is 32.2 Å². The Morgan fingerprint density at radius 3 is 2.59 bits per heavy atom. The van der Waals surface area contributed by atoms with Gasteiger partial charge >= 0.3 is 0 Å². The molecule has 7 heteroatoms. The van der Waals surface area contributed by atoms with E-state index in [0.717, 1.165) is 62.9 Å². The number of aromatic nitrogens is 2. The Morgan fingerprint density at radius 2 is 1.93 bits per heavy atom. The normalized spacial score (nSPS) is 27.5. The van der Waals surface area contributed by atoms with Crippen LogP contribution < -0.4 is 0 Å². The van der Waals surface area contributed by atoms with E-state index in [2.05, 4.69) is 14.9 Å². The van der Waals surface area contributed by atoms with E-state index >= 15 is 0 Å². The molecule has 2 amide bonds. The summed E-state index contributed by atoms with van der Waals surface area (Å²) in [5, 5.41) is 0. The van der Waals surface area contributed by atoms with Crippen molar-refractivity contribution < 1.29 is 14.3 Å². The number of nitrogens with zero attached hydrogens (tertiary/aromatic N) is 3. The molecular weight excluding hydrogens is 344 g/mol. The van der Waals surface area contributed by atoms with Crippen molar-refractivity contribution in [2.24, 2.45) is 11.8 Å². The molecule has 146 valence electrons. The van der Waals surface area contributed by atoms with Gasteiger partial charge in [0.15, 0.2) is 0 Å². The number of imidazole rings is 1. The largest absolute Gasteiger partial charge is 0.381 e. The zero-order valence-electron chi connectivity index (χ0n) is 15.8. The number of rotatable bonds is 2. The quantitative estimate of drug-likeness (QED) is 0.852. The topological polar surface area (TPSA) is 78.5 Å². The van der Waals surface area contributed by atoms with Crippen LogP contribution in [0.5, 0.6) is 0 Å². The number of fused-ring (bicyclic) bond motifs is 2. The van der Waals surface area contributed by atoms with Crippen LogP contribution in [-0.4, -0.2) is 64.4 Å². The molecule has 1 saturated carbocycles. The molecule has 4 aliphatic rings. The molecule has 0 radical (unpaired) electrons. The molecule has 1 atom stereocenters. The molecule has 2 saturated heterocycles. The van der Waals surface area contributed by atoms with Crippen LogP contribution in [0.25, 0.3) is 0 Å². The molecule has 1 spiro atoms. The van der Waals surface area contributed by atoms with E-state index < -0.39 is 0 Å². The lowest BCUT2D eigenvalue weighted by molar-refractivity contribution is -0.151. The smallest absolute Gasteiger partial charge is 0.228 e. The van der Waals surface area contributed by atoms with Gasteiger partial charge in [-0.1, -0.05) is 6.42 Å². The highest BCUT2D eigenvalue weighted by Crippen LogP contribution is 2.44. The monoisotopic (exact) mass is 372 g/mol. The molecule has 0 unspecified atom stereocenters. The molecule has 5 rings (SSSR count). The first-order valence-electron chi connectivity index (χ1n) is 10.4. The summed E-state index contributed by atoms with van der Waals surface area (Å²) in [5.41, 5.74) is 1.86. The zero-order valence-corrected chi connectivity index (χ0v) is 15.8. The predicted molar refractivity (Wildman–Crippen MR) is 97.8 cm³/mol. The number of ether oxygens (including phenoxy) is 1. The molecule has 1 aromatic heterocycles. The van der Waals surface area contributed by atoms with Gasteiger partial charge in [-0.25, -0.2) is 4.98 Å². The van der Waals surface area contributed by atoms with Gasteiger partial charge < -0.3 is 19.5 Å². The Balaban J connectivity index is 1.38. The predicted octanol–water partition coefficient (Wildman–Crippen LogP) is 1.45. The fraction of sp³-hybridized carbons (Fsp3) is 0.750. The van der Waals surface area contributed by atoms with E-state index in [1.807, 2.05) is 4.90 Å². The first-order valence-corrected chi connectivity index (χ1v) is 10.4. The van der Waals surface area contributed by atoms with Crippen molar-refractivity contribution in [3.63, 3.8) is 0 Å². The van der Waals surface area contributed by atoms with Crippen LogP contribution >= 0.6 is 0 Å². The van der Waals surface area contributed by atoms with Gasteiger partial charge in [0.1, 0.15) is 0 Å². The molecular formula is C20H28N4O3. The molecule has 4 heterocycles. The van der Waals surface area contributed by atoms with Crippen LogP contribution in [0.1, 0.15) is 49.9 Å². The Morgan fingerprint density at radius 1 is 1.11 bits per heavy atom. The van der Waals surface area contributed by atoms with E-state index in [1.54, 1.807) is 6.33 Å². The Kier molecular flexibility index (Phi) is 4.22. The maximum atomic E-state index is 13.2. The summed E-state index contributed by atoms with van der Waals surface area (Å²) in [6.07, 6.45) is 8.20. The van der Waals surface area contributed by atoms with E-state index in [4.69, 9.17) is 4.74 Å². The van der Waals surface area contributed by atoms with Crippen LogP contribution in [0.4, 0.5) is 0 Å². The summed E-state index contributed by atoms with van der Waals surface area (Å²) < 4.78 is 5.39. The van der Waals surface area contributed by atoms with E-state index in [1.165, 1.54) is 0 Å². The summed E-state index contributed by atoms with van der Waals surface area (Å²) >= 11 is 0. The number of aromatic amines is 1. The highest BCUT2D eigenvalue weighted by Gasteiger charge is 2.50. The van der Waals surface area contributed by atoms with Crippen molar-refractivity contribution >= 4 is 11.8 Å². The van der Waals surface area contributed by atoms with Crippen molar-refractivity contribution in [3.05, 3.63) is 17.7 Å². The number of H-pyrrole nitrogens is 1. The lowest BCUT2D eigenvalue weighted by Crippen LogP contribution is -2.60. The number of carbonyl (C=O) groups excluding carboxylic acids is 2. The fourth-order valence-electron chi connectivity index (χ4n) is 5.27. The molecule has 1 aromatic rings.